The molecule has 4 aromatic rings. The molecule has 0 unspecified atom stereocenters. The van der Waals surface area contributed by atoms with Gasteiger partial charge in [-0.1, -0.05) is 30.4 Å². The van der Waals surface area contributed by atoms with E-state index in [2.05, 4.69) is 54.8 Å². The number of ether oxygens (including phenoxy) is 3. The van der Waals surface area contributed by atoms with Crippen molar-refractivity contribution in [2.75, 3.05) is 27.6 Å². The highest BCUT2D eigenvalue weighted by molar-refractivity contribution is 7.98. The Kier molecular flexibility index (Phi) is 6.54. The van der Waals surface area contributed by atoms with Crippen molar-refractivity contribution in [1.82, 2.24) is 0 Å². The maximum Gasteiger partial charge on any atom is 0.161 e. The number of hydrogen-bond donors (Lipinski definition) is 0. The van der Waals surface area contributed by atoms with E-state index in [9.17, 15) is 0 Å². The van der Waals surface area contributed by atoms with Crippen LogP contribution in [0.4, 0.5) is 0 Å². The van der Waals surface area contributed by atoms with Crippen LogP contribution in [0.5, 0.6) is 17.2 Å². The number of hydrogen-bond acceptors (Lipinski definition) is 5. The lowest BCUT2D eigenvalue weighted by Crippen LogP contribution is -1.90. The Balaban J connectivity index is 1.83. The normalized spacial score (nSPS) is 11.2. The third kappa shape index (κ3) is 4.43. The second-order valence-corrected chi connectivity index (χ2v) is 8.82. The lowest BCUT2D eigenvalue weighted by atomic mass is 10.0. The van der Waals surface area contributed by atoms with Crippen LogP contribution >= 0.6 is 23.1 Å². The van der Waals surface area contributed by atoms with Gasteiger partial charge >= 0.3 is 0 Å². The van der Waals surface area contributed by atoms with Gasteiger partial charge in [0, 0.05) is 25.4 Å². The minimum atomic E-state index is 0.717. The zero-order valence-corrected chi connectivity index (χ0v) is 19.6. The van der Waals surface area contributed by atoms with E-state index in [1.807, 2.05) is 24.3 Å². The first-order chi connectivity index (χ1) is 15.2. The highest BCUT2D eigenvalue weighted by atomic mass is 32.2. The molecule has 0 saturated carbocycles. The van der Waals surface area contributed by atoms with E-state index >= 15 is 0 Å². The molecule has 0 spiro atoms. The smallest absolute Gasteiger partial charge is 0.161 e. The number of methoxy groups -OCH3 is 3. The summed E-state index contributed by atoms with van der Waals surface area (Å²) in [5.41, 5.74) is 3.44. The van der Waals surface area contributed by atoms with Crippen LogP contribution in [-0.2, 0) is 0 Å². The molecule has 0 aliphatic carbocycles. The van der Waals surface area contributed by atoms with Crippen molar-refractivity contribution in [3.63, 3.8) is 0 Å². The van der Waals surface area contributed by atoms with Gasteiger partial charge in [-0.3, -0.25) is 0 Å². The van der Waals surface area contributed by atoms with Gasteiger partial charge in [-0.15, -0.1) is 23.1 Å². The molecule has 0 atom stereocenters. The quantitative estimate of drug-likeness (QED) is 0.274. The van der Waals surface area contributed by atoms with Gasteiger partial charge in [0.15, 0.2) is 11.5 Å². The largest absolute Gasteiger partial charge is 0.497 e. The summed E-state index contributed by atoms with van der Waals surface area (Å²) >= 11 is 3.55. The lowest BCUT2D eigenvalue weighted by molar-refractivity contribution is 0.355. The van der Waals surface area contributed by atoms with Gasteiger partial charge < -0.3 is 14.2 Å². The van der Waals surface area contributed by atoms with Gasteiger partial charge in [0.1, 0.15) is 5.75 Å². The van der Waals surface area contributed by atoms with Crippen LogP contribution in [0.15, 0.2) is 65.6 Å². The van der Waals surface area contributed by atoms with Crippen LogP contribution in [0.3, 0.4) is 0 Å². The molecule has 0 bridgehead atoms. The molecule has 3 nitrogen and oxygen atoms in total. The minimum Gasteiger partial charge on any atom is -0.497 e. The minimum absolute atomic E-state index is 0.717. The third-order valence-corrected chi connectivity index (χ3v) is 7.12. The average molecular weight is 449 g/mol. The molecule has 0 amide bonds. The predicted octanol–water partition coefficient (Wildman–Crippen LogP) is 7.49. The van der Waals surface area contributed by atoms with Gasteiger partial charge in [0.25, 0.3) is 0 Å². The maximum absolute atomic E-state index is 5.49. The third-order valence-electron chi connectivity index (χ3n) is 5.14. The van der Waals surface area contributed by atoms with Crippen molar-refractivity contribution in [1.29, 1.82) is 0 Å². The highest BCUT2D eigenvalue weighted by Gasteiger charge is 2.13. The van der Waals surface area contributed by atoms with E-state index in [4.69, 9.17) is 14.2 Å². The van der Waals surface area contributed by atoms with Gasteiger partial charge in [0.05, 0.1) is 21.3 Å². The topological polar surface area (TPSA) is 27.7 Å². The molecule has 0 N–H and O–H groups in total. The lowest BCUT2D eigenvalue weighted by Gasteiger charge is -2.08. The Hall–Kier alpha value is -2.89. The molecule has 0 fully saturated rings. The zero-order chi connectivity index (χ0) is 21.8. The highest BCUT2D eigenvalue weighted by Crippen LogP contribution is 2.41. The number of rotatable bonds is 7. The summed E-state index contributed by atoms with van der Waals surface area (Å²) in [5, 5.41) is 1.19. The molecule has 1 heterocycles. The summed E-state index contributed by atoms with van der Waals surface area (Å²) in [7, 11) is 5.00. The van der Waals surface area contributed by atoms with Crippen LogP contribution in [0.2, 0.25) is 0 Å². The van der Waals surface area contributed by atoms with Crippen molar-refractivity contribution >= 4 is 45.3 Å². The summed E-state index contributed by atoms with van der Waals surface area (Å²) in [5.74, 6) is 2.30. The Morgan fingerprint density at radius 2 is 1.55 bits per heavy atom. The van der Waals surface area contributed by atoms with E-state index in [-0.39, 0.29) is 0 Å². The molecule has 0 saturated heterocycles. The molecule has 31 heavy (non-hydrogen) atoms. The Morgan fingerprint density at radius 3 is 2.23 bits per heavy atom. The van der Waals surface area contributed by atoms with Crippen LogP contribution in [0.1, 0.15) is 11.1 Å². The molecule has 4 rings (SSSR count). The van der Waals surface area contributed by atoms with Gasteiger partial charge in [-0.25, -0.2) is 0 Å². The summed E-state index contributed by atoms with van der Waals surface area (Å²) in [6, 6.07) is 20.9. The molecule has 3 aromatic carbocycles. The Morgan fingerprint density at radius 1 is 0.774 bits per heavy atom. The van der Waals surface area contributed by atoms with Crippen LogP contribution in [-0.4, -0.2) is 27.6 Å². The fraction of sp³-hybridized carbons (Fsp3) is 0.154. The molecular formula is C26H24O3S2. The summed E-state index contributed by atoms with van der Waals surface area (Å²) in [6.45, 7) is 0. The van der Waals surface area contributed by atoms with E-state index in [0.29, 0.717) is 0 Å². The van der Waals surface area contributed by atoms with Crippen molar-refractivity contribution in [2.24, 2.45) is 0 Å². The fourth-order valence-corrected chi connectivity index (χ4v) is 5.07. The maximum atomic E-state index is 5.49. The zero-order valence-electron chi connectivity index (χ0n) is 18.0. The van der Waals surface area contributed by atoms with Crippen molar-refractivity contribution in [3.8, 4) is 27.7 Å². The Labute approximate surface area is 191 Å². The first-order valence-electron chi connectivity index (χ1n) is 9.82. The molecule has 0 radical (unpaired) electrons. The number of fused-ring (bicyclic) bond motifs is 1. The van der Waals surface area contributed by atoms with Crippen LogP contribution in [0, 0.1) is 0 Å². The van der Waals surface area contributed by atoms with Crippen molar-refractivity contribution < 1.29 is 14.2 Å². The first kappa shape index (κ1) is 21.3. The summed E-state index contributed by atoms with van der Waals surface area (Å²) < 4.78 is 17.5. The number of thioether (sulfide) groups is 1. The van der Waals surface area contributed by atoms with E-state index < -0.39 is 0 Å². The monoisotopic (exact) mass is 448 g/mol. The Bertz CT molecular complexity index is 1220. The fourth-order valence-electron chi connectivity index (χ4n) is 3.48. The number of thiophene rings is 1. The molecule has 1 aromatic heterocycles. The van der Waals surface area contributed by atoms with Crippen molar-refractivity contribution in [3.05, 3.63) is 71.8 Å². The van der Waals surface area contributed by atoms with Gasteiger partial charge in [0.2, 0.25) is 0 Å². The number of benzene rings is 3. The second kappa shape index (κ2) is 9.50. The predicted molar refractivity (Wildman–Crippen MR) is 134 cm³/mol. The van der Waals surface area contributed by atoms with E-state index in [0.717, 1.165) is 22.8 Å². The first-order valence-corrected chi connectivity index (χ1v) is 11.9. The van der Waals surface area contributed by atoms with E-state index in [1.54, 1.807) is 44.4 Å². The molecule has 158 valence electrons. The standard InChI is InChI=1S/C26H24O3S2/c1-27-19-9-14-25-22(16-19)21(26(31-25)18-7-10-20(30-4)11-8-18)12-5-17-6-13-23(28-2)24(15-17)29-3/h5-16H,1-4H3/b12-5+. The van der Waals surface area contributed by atoms with Crippen LogP contribution < -0.4 is 14.2 Å². The molecular weight excluding hydrogens is 424 g/mol. The van der Waals surface area contributed by atoms with Gasteiger partial charge in [-0.2, -0.15) is 0 Å². The van der Waals surface area contributed by atoms with Gasteiger partial charge in [-0.05, 0) is 59.8 Å². The van der Waals surface area contributed by atoms with Crippen LogP contribution in [0.25, 0.3) is 32.7 Å². The average Bonchev–Trinajstić information content (AvgIpc) is 3.20. The SMILES string of the molecule is COc1ccc2sc(-c3ccc(SC)cc3)c(/C=C/c3ccc(OC)c(OC)c3)c2c1. The molecule has 5 heteroatoms. The molecule has 0 aliphatic heterocycles. The summed E-state index contributed by atoms with van der Waals surface area (Å²) in [4.78, 5) is 2.50. The summed E-state index contributed by atoms with van der Waals surface area (Å²) in [6.07, 6.45) is 6.39. The van der Waals surface area contributed by atoms with Crippen molar-refractivity contribution in [2.45, 2.75) is 4.90 Å². The van der Waals surface area contributed by atoms with E-state index in [1.165, 1.54) is 31.0 Å². The molecule has 0 aliphatic rings. The second-order valence-electron chi connectivity index (χ2n) is 6.88.